The summed E-state index contributed by atoms with van der Waals surface area (Å²) < 4.78 is 16.7. The first-order valence-electron chi connectivity index (χ1n) is 10.4. The fourth-order valence-electron chi connectivity index (χ4n) is 3.76. The maximum Gasteiger partial charge on any atom is 0.255 e. The van der Waals surface area contributed by atoms with E-state index in [9.17, 15) is 9.90 Å². The highest BCUT2D eigenvalue weighted by atomic mass is 16.6. The number of hydrogen-bond acceptors (Lipinski definition) is 7. The third-order valence-corrected chi connectivity index (χ3v) is 5.31. The molecule has 0 bridgehead atoms. The fraction of sp³-hybridized carbons (Fsp3) is 0.667. The minimum absolute atomic E-state index is 0.0242. The lowest BCUT2D eigenvalue weighted by Gasteiger charge is -2.36. The van der Waals surface area contributed by atoms with Crippen LogP contribution in [0, 0.1) is 5.92 Å². The molecule has 162 valence electrons. The largest absolute Gasteiger partial charge is 0.486 e. The number of nitrogens with one attached hydrogen (secondary N) is 1. The molecule has 0 radical (unpaired) electrons. The van der Waals surface area contributed by atoms with Crippen LogP contribution >= 0.6 is 0 Å². The average Bonchev–Trinajstić information content (AvgIpc) is 2.69. The number of nitrogen functional groups attached to an aromatic ring is 1. The van der Waals surface area contributed by atoms with Crippen LogP contribution in [-0.2, 0) is 4.74 Å². The Kier molecular flexibility index (Phi) is 7.57. The van der Waals surface area contributed by atoms with Gasteiger partial charge in [-0.15, -0.1) is 0 Å². The van der Waals surface area contributed by atoms with Gasteiger partial charge in [-0.2, -0.15) is 0 Å². The van der Waals surface area contributed by atoms with Crippen molar-refractivity contribution in [1.82, 2.24) is 10.2 Å². The standard InChI is InChI=1S/C21H33N3O5/c1-14(2)27-7-3-5-24-6-4-15(18(25)13-24)12-23-21(26)17-10-16(22)11-19-20(17)29-9-8-28-19/h10-11,14-15,18,25H,3-9,12-13,22H2,1-2H3,(H,23,26)/t15-,18?/m0/s1. The molecule has 1 unspecified atom stereocenters. The lowest BCUT2D eigenvalue weighted by Crippen LogP contribution is -2.48. The molecule has 3 rings (SSSR count). The number of nitrogens with zero attached hydrogens (tertiary/aromatic N) is 1. The Hall–Kier alpha value is -2.03. The van der Waals surface area contributed by atoms with Gasteiger partial charge in [-0.3, -0.25) is 4.79 Å². The summed E-state index contributed by atoms with van der Waals surface area (Å²) in [6.07, 6.45) is 1.57. The summed E-state index contributed by atoms with van der Waals surface area (Å²) in [6, 6.07) is 3.26. The van der Waals surface area contributed by atoms with Crippen LogP contribution in [-0.4, -0.2) is 74.1 Å². The first kappa shape index (κ1) is 21.7. The Bertz CT molecular complexity index is 697. The van der Waals surface area contributed by atoms with Crippen molar-refractivity contribution in [3.8, 4) is 11.5 Å². The molecule has 8 heteroatoms. The Morgan fingerprint density at radius 3 is 2.93 bits per heavy atom. The number of likely N-dealkylation sites (tertiary alicyclic amines) is 1. The molecule has 0 aliphatic carbocycles. The maximum atomic E-state index is 12.7. The second-order valence-corrected chi connectivity index (χ2v) is 7.99. The lowest BCUT2D eigenvalue weighted by atomic mass is 9.93. The molecule has 2 aliphatic heterocycles. The Morgan fingerprint density at radius 1 is 1.38 bits per heavy atom. The normalized spacial score (nSPS) is 21.9. The van der Waals surface area contributed by atoms with Gasteiger partial charge in [0.25, 0.3) is 5.91 Å². The number of benzene rings is 1. The number of carbonyl (C=O) groups excluding carboxylic acids is 1. The van der Waals surface area contributed by atoms with E-state index in [1.165, 1.54) is 0 Å². The Balaban J connectivity index is 1.47. The molecular weight excluding hydrogens is 374 g/mol. The molecule has 4 N–H and O–H groups in total. The summed E-state index contributed by atoms with van der Waals surface area (Å²) in [4.78, 5) is 15.0. The number of ether oxygens (including phenoxy) is 3. The van der Waals surface area contributed by atoms with Crippen molar-refractivity contribution >= 4 is 11.6 Å². The van der Waals surface area contributed by atoms with Crippen LogP contribution in [0.5, 0.6) is 11.5 Å². The summed E-state index contributed by atoms with van der Waals surface area (Å²) >= 11 is 0. The minimum Gasteiger partial charge on any atom is -0.486 e. The predicted octanol–water partition coefficient (Wildman–Crippen LogP) is 1.27. The Labute approximate surface area is 172 Å². The zero-order valence-corrected chi connectivity index (χ0v) is 17.4. The van der Waals surface area contributed by atoms with Gasteiger partial charge in [0.1, 0.15) is 13.2 Å². The highest BCUT2D eigenvalue weighted by molar-refractivity contribution is 5.99. The number of fused-ring (bicyclic) bond motifs is 1. The average molecular weight is 408 g/mol. The minimum atomic E-state index is -0.468. The predicted molar refractivity (Wildman–Crippen MR) is 110 cm³/mol. The summed E-state index contributed by atoms with van der Waals surface area (Å²) in [5.41, 5.74) is 6.72. The van der Waals surface area contributed by atoms with Gasteiger partial charge in [0.15, 0.2) is 11.5 Å². The van der Waals surface area contributed by atoms with Gasteiger partial charge in [0, 0.05) is 43.9 Å². The van der Waals surface area contributed by atoms with Crippen molar-refractivity contribution < 1.29 is 24.1 Å². The van der Waals surface area contributed by atoms with E-state index in [1.54, 1.807) is 12.1 Å². The van der Waals surface area contributed by atoms with Crippen molar-refractivity contribution in [1.29, 1.82) is 0 Å². The highest BCUT2D eigenvalue weighted by Crippen LogP contribution is 2.36. The molecule has 1 aromatic rings. The smallest absolute Gasteiger partial charge is 0.255 e. The van der Waals surface area contributed by atoms with Gasteiger partial charge in [-0.05, 0) is 39.3 Å². The zero-order valence-electron chi connectivity index (χ0n) is 17.4. The maximum absolute atomic E-state index is 12.7. The van der Waals surface area contributed by atoms with Crippen LogP contribution in [0.2, 0.25) is 0 Å². The van der Waals surface area contributed by atoms with E-state index in [0.29, 0.717) is 49.1 Å². The monoisotopic (exact) mass is 407 g/mol. The van der Waals surface area contributed by atoms with Gasteiger partial charge in [0.05, 0.1) is 17.8 Å². The van der Waals surface area contributed by atoms with Crippen molar-refractivity contribution in [2.75, 3.05) is 51.7 Å². The SMILES string of the molecule is CC(C)OCCCN1CC[C@@H](CNC(=O)c2cc(N)cc3c2OCCO3)C(O)C1. The van der Waals surface area contributed by atoms with Crippen molar-refractivity contribution in [2.45, 2.75) is 38.9 Å². The van der Waals surface area contributed by atoms with Crippen LogP contribution in [0.3, 0.4) is 0 Å². The number of rotatable bonds is 8. The molecule has 2 heterocycles. The number of nitrogens with two attached hydrogens (primary N) is 1. The molecule has 1 fully saturated rings. The van der Waals surface area contributed by atoms with Gasteiger partial charge < -0.3 is 35.3 Å². The zero-order chi connectivity index (χ0) is 20.8. The van der Waals surface area contributed by atoms with Crippen LogP contribution in [0.4, 0.5) is 5.69 Å². The highest BCUT2D eigenvalue weighted by Gasteiger charge is 2.29. The van der Waals surface area contributed by atoms with E-state index in [0.717, 1.165) is 32.5 Å². The summed E-state index contributed by atoms with van der Waals surface area (Å²) in [7, 11) is 0. The van der Waals surface area contributed by atoms with E-state index in [4.69, 9.17) is 19.9 Å². The number of piperidine rings is 1. The number of β-amino-alcohol motifs (C(OH)–C–C–N with tert-alkyl or cyclic N) is 1. The molecule has 29 heavy (non-hydrogen) atoms. The first-order chi connectivity index (χ1) is 13.9. The molecule has 1 saturated heterocycles. The molecule has 2 atom stereocenters. The van der Waals surface area contributed by atoms with Gasteiger partial charge in [0.2, 0.25) is 0 Å². The van der Waals surface area contributed by atoms with Gasteiger partial charge in [-0.25, -0.2) is 0 Å². The number of amides is 1. The van der Waals surface area contributed by atoms with E-state index in [-0.39, 0.29) is 17.9 Å². The van der Waals surface area contributed by atoms with Gasteiger partial charge in [-0.1, -0.05) is 0 Å². The topological polar surface area (TPSA) is 106 Å². The second-order valence-electron chi connectivity index (χ2n) is 7.99. The molecule has 1 amide bonds. The summed E-state index contributed by atoms with van der Waals surface area (Å²) in [5.74, 6) is 0.689. The summed E-state index contributed by atoms with van der Waals surface area (Å²) in [6.45, 7) is 8.48. The van der Waals surface area contributed by atoms with Crippen molar-refractivity contribution in [3.63, 3.8) is 0 Å². The number of aliphatic hydroxyl groups is 1. The molecule has 8 nitrogen and oxygen atoms in total. The molecular formula is C21H33N3O5. The van der Waals surface area contributed by atoms with E-state index < -0.39 is 6.10 Å². The number of carbonyl (C=O) groups is 1. The molecule has 2 aliphatic rings. The number of anilines is 1. The quantitative estimate of drug-likeness (QED) is 0.440. The van der Waals surface area contributed by atoms with Crippen LogP contribution in [0.1, 0.15) is 37.0 Å². The number of hydrogen-bond donors (Lipinski definition) is 3. The lowest BCUT2D eigenvalue weighted by molar-refractivity contribution is 0.0145. The number of aliphatic hydroxyl groups excluding tert-OH is 1. The molecule has 0 aromatic heterocycles. The van der Waals surface area contributed by atoms with Crippen molar-refractivity contribution in [2.24, 2.45) is 5.92 Å². The Morgan fingerprint density at radius 2 is 2.17 bits per heavy atom. The van der Waals surface area contributed by atoms with E-state index in [1.807, 2.05) is 13.8 Å². The van der Waals surface area contributed by atoms with E-state index in [2.05, 4.69) is 10.2 Å². The third kappa shape index (κ3) is 5.98. The molecule has 1 aromatic carbocycles. The van der Waals surface area contributed by atoms with Crippen LogP contribution in [0.25, 0.3) is 0 Å². The summed E-state index contributed by atoms with van der Waals surface area (Å²) in [5, 5.41) is 13.4. The van der Waals surface area contributed by atoms with Crippen LogP contribution in [0.15, 0.2) is 12.1 Å². The van der Waals surface area contributed by atoms with Crippen molar-refractivity contribution in [3.05, 3.63) is 17.7 Å². The first-order valence-corrected chi connectivity index (χ1v) is 10.4. The van der Waals surface area contributed by atoms with E-state index >= 15 is 0 Å². The fourth-order valence-corrected chi connectivity index (χ4v) is 3.76. The molecule has 0 saturated carbocycles. The third-order valence-electron chi connectivity index (χ3n) is 5.31. The second kappa shape index (κ2) is 10.1. The van der Waals surface area contributed by atoms with Crippen LogP contribution < -0.4 is 20.5 Å². The van der Waals surface area contributed by atoms with Gasteiger partial charge >= 0.3 is 0 Å². The molecule has 0 spiro atoms.